The molecule has 0 radical (unpaired) electrons. The van der Waals surface area contributed by atoms with Crippen LogP contribution in [0.2, 0.25) is 0 Å². The number of fused-ring (bicyclic) bond motifs is 1. The maximum Gasteiger partial charge on any atom is 0.253 e. The molecule has 2 heterocycles. The van der Waals surface area contributed by atoms with Crippen molar-refractivity contribution in [2.75, 3.05) is 13.2 Å². The SMILES string of the molecule is CCOc1ccc(C(NC(=O)c2cnc3c(c2)c(C)nn3C)C(C)C)cc1OCC. The fourth-order valence-corrected chi connectivity index (χ4v) is 3.55. The van der Waals surface area contributed by atoms with E-state index in [2.05, 4.69) is 29.2 Å². The summed E-state index contributed by atoms with van der Waals surface area (Å²) >= 11 is 0. The molecule has 160 valence electrons. The molecule has 0 bridgehead atoms. The van der Waals surface area contributed by atoms with Crippen LogP contribution < -0.4 is 14.8 Å². The molecule has 0 saturated heterocycles. The van der Waals surface area contributed by atoms with E-state index in [0.29, 0.717) is 30.3 Å². The normalized spacial score (nSPS) is 12.2. The summed E-state index contributed by atoms with van der Waals surface area (Å²) in [7, 11) is 1.85. The van der Waals surface area contributed by atoms with E-state index in [1.165, 1.54) is 0 Å². The number of ether oxygens (including phenoxy) is 2. The minimum absolute atomic E-state index is 0.168. The Morgan fingerprint density at radius 3 is 2.50 bits per heavy atom. The second-order valence-electron chi connectivity index (χ2n) is 7.57. The van der Waals surface area contributed by atoms with E-state index in [9.17, 15) is 4.79 Å². The van der Waals surface area contributed by atoms with E-state index < -0.39 is 0 Å². The second-order valence-corrected chi connectivity index (χ2v) is 7.57. The predicted octanol–water partition coefficient (Wildman–Crippen LogP) is 4.20. The first-order valence-electron chi connectivity index (χ1n) is 10.3. The lowest BCUT2D eigenvalue weighted by Crippen LogP contribution is -2.31. The average molecular weight is 411 g/mol. The number of carbonyl (C=O) groups excluding carboxylic acids is 1. The Morgan fingerprint density at radius 2 is 1.83 bits per heavy atom. The molecule has 3 aromatic rings. The molecule has 0 fully saturated rings. The van der Waals surface area contributed by atoms with Crippen molar-refractivity contribution in [3.63, 3.8) is 0 Å². The van der Waals surface area contributed by atoms with Gasteiger partial charge in [0.05, 0.1) is 30.5 Å². The van der Waals surface area contributed by atoms with E-state index in [1.54, 1.807) is 10.9 Å². The van der Waals surface area contributed by atoms with Gasteiger partial charge in [0.2, 0.25) is 0 Å². The highest BCUT2D eigenvalue weighted by Crippen LogP contribution is 2.33. The molecule has 1 N–H and O–H groups in total. The number of benzene rings is 1. The first-order valence-corrected chi connectivity index (χ1v) is 10.3. The van der Waals surface area contributed by atoms with Crippen LogP contribution in [0.5, 0.6) is 11.5 Å². The molecule has 3 rings (SSSR count). The number of pyridine rings is 1. The Labute approximate surface area is 177 Å². The summed E-state index contributed by atoms with van der Waals surface area (Å²) in [6, 6.07) is 7.49. The highest BCUT2D eigenvalue weighted by molar-refractivity contribution is 5.97. The number of amides is 1. The number of carbonyl (C=O) groups is 1. The molecule has 1 aromatic carbocycles. The third-order valence-electron chi connectivity index (χ3n) is 5.00. The van der Waals surface area contributed by atoms with Crippen molar-refractivity contribution in [2.24, 2.45) is 13.0 Å². The van der Waals surface area contributed by atoms with Gasteiger partial charge in [0.1, 0.15) is 0 Å². The Bertz CT molecular complexity index is 1040. The summed E-state index contributed by atoms with van der Waals surface area (Å²) in [5, 5.41) is 8.41. The van der Waals surface area contributed by atoms with Crippen molar-refractivity contribution < 1.29 is 14.3 Å². The first kappa shape index (κ1) is 21.6. The van der Waals surface area contributed by atoms with E-state index in [0.717, 1.165) is 22.3 Å². The van der Waals surface area contributed by atoms with E-state index in [4.69, 9.17) is 9.47 Å². The molecule has 1 unspecified atom stereocenters. The molecule has 7 nitrogen and oxygen atoms in total. The molecule has 0 aliphatic carbocycles. The molecular formula is C23H30N4O3. The largest absolute Gasteiger partial charge is 0.490 e. The molecule has 1 amide bonds. The van der Waals surface area contributed by atoms with Gasteiger partial charge in [-0.25, -0.2) is 4.98 Å². The molecule has 1 atom stereocenters. The third kappa shape index (κ3) is 4.40. The van der Waals surface area contributed by atoms with Crippen molar-refractivity contribution in [3.05, 3.63) is 47.3 Å². The van der Waals surface area contributed by atoms with Gasteiger partial charge in [0.25, 0.3) is 5.91 Å². The summed E-state index contributed by atoms with van der Waals surface area (Å²) in [5.74, 6) is 1.40. The molecule has 0 spiro atoms. The summed E-state index contributed by atoms with van der Waals surface area (Å²) in [6.07, 6.45) is 1.60. The van der Waals surface area contributed by atoms with Crippen LogP contribution in [-0.4, -0.2) is 33.9 Å². The quantitative estimate of drug-likeness (QED) is 0.602. The van der Waals surface area contributed by atoms with Crippen LogP contribution in [0.1, 0.15) is 55.4 Å². The van der Waals surface area contributed by atoms with Crippen LogP contribution in [0, 0.1) is 12.8 Å². The number of hydrogen-bond acceptors (Lipinski definition) is 5. The van der Waals surface area contributed by atoms with E-state index >= 15 is 0 Å². The van der Waals surface area contributed by atoms with Gasteiger partial charge in [-0.2, -0.15) is 5.10 Å². The van der Waals surface area contributed by atoms with Crippen LogP contribution in [-0.2, 0) is 7.05 Å². The third-order valence-corrected chi connectivity index (χ3v) is 5.00. The number of nitrogens with zero attached hydrogens (tertiary/aromatic N) is 3. The smallest absolute Gasteiger partial charge is 0.253 e. The van der Waals surface area contributed by atoms with E-state index in [1.807, 2.05) is 52.1 Å². The van der Waals surface area contributed by atoms with Crippen LogP contribution in [0.25, 0.3) is 11.0 Å². The molecule has 0 aliphatic rings. The summed E-state index contributed by atoms with van der Waals surface area (Å²) in [4.78, 5) is 17.5. The zero-order valence-corrected chi connectivity index (χ0v) is 18.5. The van der Waals surface area contributed by atoms with Gasteiger partial charge < -0.3 is 14.8 Å². The number of aryl methyl sites for hydroxylation is 2. The van der Waals surface area contributed by atoms with Gasteiger partial charge in [-0.3, -0.25) is 9.48 Å². The summed E-state index contributed by atoms with van der Waals surface area (Å²) < 4.78 is 13.1. The van der Waals surface area contributed by atoms with Gasteiger partial charge in [-0.1, -0.05) is 19.9 Å². The van der Waals surface area contributed by atoms with Crippen LogP contribution in [0.15, 0.2) is 30.5 Å². The van der Waals surface area contributed by atoms with Crippen LogP contribution in [0.3, 0.4) is 0 Å². The lowest BCUT2D eigenvalue weighted by molar-refractivity contribution is 0.0925. The van der Waals surface area contributed by atoms with Crippen molar-refractivity contribution in [1.82, 2.24) is 20.1 Å². The van der Waals surface area contributed by atoms with Gasteiger partial charge in [0, 0.05) is 18.6 Å². The van der Waals surface area contributed by atoms with Crippen molar-refractivity contribution in [3.8, 4) is 11.5 Å². The number of nitrogens with one attached hydrogen (secondary N) is 1. The number of hydrogen-bond donors (Lipinski definition) is 1. The Balaban J connectivity index is 1.89. The monoisotopic (exact) mass is 410 g/mol. The highest BCUT2D eigenvalue weighted by atomic mass is 16.5. The Morgan fingerprint density at radius 1 is 1.13 bits per heavy atom. The molecule has 0 saturated carbocycles. The minimum Gasteiger partial charge on any atom is -0.490 e. The van der Waals surface area contributed by atoms with Crippen molar-refractivity contribution in [2.45, 2.75) is 40.7 Å². The standard InChI is InChI=1S/C23H30N4O3/c1-7-29-19-10-9-16(12-20(19)30-8-2)21(14(3)4)25-23(28)17-11-18-15(5)26-27(6)22(18)24-13-17/h9-14,21H,7-8H2,1-6H3,(H,25,28). The topological polar surface area (TPSA) is 78.3 Å². The number of rotatable bonds is 8. The van der Waals surface area contributed by atoms with E-state index in [-0.39, 0.29) is 17.9 Å². The van der Waals surface area contributed by atoms with Crippen molar-refractivity contribution >= 4 is 16.9 Å². The minimum atomic E-state index is -0.182. The van der Waals surface area contributed by atoms with Crippen LogP contribution in [0.4, 0.5) is 0 Å². The lowest BCUT2D eigenvalue weighted by Gasteiger charge is -2.24. The molecule has 7 heteroatoms. The van der Waals surface area contributed by atoms with Crippen LogP contribution >= 0.6 is 0 Å². The second kappa shape index (κ2) is 9.15. The molecule has 30 heavy (non-hydrogen) atoms. The van der Waals surface area contributed by atoms with Gasteiger partial charge in [0.15, 0.2) is 17.1 Å². The molecule has 0 aliphatic heterocycles. The molecular weight excluding hydrogens is 380 g/mol. The maximum absolute atomic E-state index is 13.0. The average Bonchev–Trinajstić information content (AvgIpc) is 3.00. The summed E-state index contributed by atoms with van der Waals surface area (Å²) in [5.41, 5.74) is 3.09. The lowest BCUT2D eigenvalue weighted by atomic mass is 9.95. The maximum atomic E-state index is 13.0. The first-order chi connectivity index (χ1) is 14.3. The predicted molar refractivity (Wildman–Crippen MR) is 117 cm³/mol. The zero-order valence-electron chi connectivity index (χ0n) is 18.5. The fraction of sp³-hybridized carbons (Fsp3) is 0.435. The summed E-state index contributed by atoms with van der Waals surface area (Å²) in [6.45, 7) is 11.1. The molecule has 2 aromatic heterocycles. The van der Waals surface area contributed by atoms with Gasteiger partial charge in [-0.15, -0.1) is 0 Å². The Hall–Kier alpha value is -3.09. The fourth-order valence-electron chi connectivity index (χ4n) is 3.55. The van der Waals surface area contributed by atoms with Crippen molar-refractivity contribution in [1.29, 1.82) is 0 Å². The Kier molecular flexibility index (Phi) is 6.59. The highest BCUT2D eigenvalue weighted by Gasteiger charge is 2.22. The van der Waals surface area contributed by atoms with Gasteiger partial charge in [-0.05, 0) is 50.5 Å². The number of aromatic nitrogens is 3. The zero-order chi connectivity index (χ0) is 21.8. The van der Waals surface area contributed by atoms with Gasteiger partial charge >= 0.3 is 0 Å².